The molecular weight excluding hydrogens is 254 g/mol. The Hall–Kier alpha value is -1.47. The van der Waals surface area contributed by atoms with E-state index in [2.05, 4.69) is 57.3 Å². The Morgan fingerprint density at radius 3 is 2.32 bits per heavy atom. The van der Waals surface area contributed by atoms with Gasteiger partial charge in [-0.15, -0.1) is 0 Å². The topological polar surface area (TPSA) is 12.0 Å². The second kappa shape index (κ2) is 5.66. The number of rotatable bonds is 3. The van der Waals surface area contributed by atoms with Gasteiger partial charge in [-0.2, -0.15) is 0 Å². The van der Waals surface area contributed by atoms with Gasteiger partial charge >= 0.3 is 0 Å². The van der Waals surface area contributed by atoms with E-state index in [1.54, 1.807) is 0 Å². The van der Waals surface area contributed by atoms with Gasteiger partial charge in [0, 0.05) is 6.04 Å². The maximum absolute atomic E-state index is 6.24. The normalized spacial score (nSPS) is 12.3. The zero-order valence-electron chi connectivity index (χ0n) is 11.9. The largest absolute Gasteiger partial charge is 0.377 e. The average Bonchev–Trinajstić information content (AvgIpc) is 2.36. The monoisotopic (exact) mass is 273 g/mol. The number of nitrogens with one attached hydrogen (secondary N) is 1. The van der Waals surface area contributed by atoms with Gasteiger partial charge in [0.05, 0.1) is 10.7 Å². The Morgan fingerprint density at radius 2 is 1.58 bits per heavy atom. The van der Waals surface area contributed by atoms with E-state index in [0.717, 1.165) is 10.7 Å². The lowest BCUT2D eigenvalue weighted by molar-refractivity contribution is 0.872. The molecule has 1 N–H and O–H groups in total. The molecule has 0 aliphatic rings. The van der Waals surface area contributed by atoms with Gasteiger partial charge in [-0.1, -0.05) is 41.4 Å². The zero-order chi connectivity index (χ0) is 14.0. The first-order chi connectivity index (χ1) is 8.97. The highest BCUT2D eigenvalue weighted by atomic mass is 35.5. The van der Waals surface area contributed by atoms with Crippen LogP contribution in [0.25, 0.3) is 0 Å². The Kier molecular flexibility index (Phi) is 4.16. The second-order valence-electron chi connectivity index (χ2n) is 5.21. The number of hydrogen-bond donors (Lipinski definition) is 1. The summed E-state index contributed by atoms with van der Waals surface area (Å²) >= 11 is 6.24. The first-order valence-corrected chi connectivity index (χ1v) is 6.95. The SMILES string of the molecule is Cc1ccc(Cl)c(NC(C)c2cc(C)ccc2C)c1. The van der Waals surface area contributed by atoms with Crippen LogP contribution in [0.5, 0.6) is 0 Å². The van der Waals surface area contributed by atoms with Crippen LogP contribution in [0.2, 0.25) is 5.02 Å². The van der Waals surface area contributed by atoms with Crippen molar-refractivity contribution in [2.24, 2.45) is 0 Å². The lowest BCUT2D eigenvalue weighted by Crippen LogP contribution is -2.09. The number of aryl methyl sites for hydroxylation is 3. The molecule has 2 rings (SSSR count). The fourth-order valence-corrected chi connectivity index (χ4v) is 2.46. The molecule has 0 aliphatic carbocycles. The Morgan fingerprint density at radius 1 is 0.947 bits per heavy atom. The lowest BCUT2D eigenvalue weighted by Gasteiger charge is -2.19. The molecule has 2 aromatic rings. The summed E-state index contributed by atoms with van der Waals surface area (Å²) in [6.45, 7) is 8.50. The molecule has 1 atom stereocenters. The van der Waals surface area contributed by atoms with Crippen molar-refractivity contribution < 1.29 is 0 Å². The predicted molar refractivity (Wildman–Crippen MR) is 84.1 cm³/mol. The van der Waals surface area contributed by atoms with E-state index in [9.17, 15) is 0 Å². The molecule has 100 valence electrons. The minimum Gasteiger partial charge on any atom is -0.377 e. The molecule has 0 spiro atoms. The minimum absolute atomic E-state index is 0.235. The highest BCUT2D eigenvalue weighted by molar-refractivity contribution is 6.33. The standard InChI is InChI=1S/C17H20ClN/c1-11-5-7-13(3)15(9-11)14(4)19-17-10-12(2)6-8-16(17)18/h5-10,14,19H,1-4H3. The fraction of sp³-hybridized carbons (Fsp3) is 0.294. The Balaban J connectivity index is 2.27. The summed E-state index contributed by atoms with van der Waals surface area (Å²) in [6, 6.07) is 12.8. The summed E-state index contributed by atoms with van der Waals surface area (Å²) in [5.74, 6) is 0. The number of anilines is 1. The second-order valence-corrected chi connectivity index (χ2v) is 5.62. The molecule has 0 aliphatic heterocycles. The first kappa shape index (κ1) is 14.0. The van der Waals surface area contributed by atoms with Gasteiger partial charge in [0.1, 0.15) is 0 Å². The Labute approximate surface area is 120 Å². The number of halogens is 1. The zero-order valence-corrected chi connectivity index (χ0v) is 12.7. The molecule has 0 fully saturated rings. The van der Waals surface area contributed by atoms with Gasteiger partial charge in [-0.25, -0.2) is 0 Å². The van der Waals surface area contributed by atoms with Gasteiger partial charge in [0.2, 0.25) is 0 Å². The molecule has 0 aromatic heterocycles. The molecule has 0 amide bonds. The molecule has 1 unspecified atom stereocenters. The third kappa shape index (κ3) is 3.30. The molecule has 1 nitrogen and oxygen atoms in total. The van der Waals surface area contributed by atoms with Gasteiger partial charge in [0.25, 0.3) is 0 Å². The summed E-state index contributed by atoms with van der Waals surface area (Å²) in [6.07, 6.45) is 0. The van der Waals surface area contributed by atoms with Crippen LogP contribution in [0.3, 0.4) is 0 Å². The minimum atomic E-state index is 0.235. The van der Waals surface area contributed by atoms with Crippen LogP contribution in [0.4, 0.5) is 5.69 Å². The summed E-state index contributed by atoms with van der Waals surface area (Å²) < 4.78 is 0. The van der Waals surface area contributed by atoms with Crippen molar-refractivity contribution >= 4 is 17.3 Å². The molecule has 0 saturated heterocycles. The van der Waals surface area contributed by atoms with E-state index >= 15 is 0 Å². The quantitative estimate of drug-likeness (QED) is 0.785. The summed E-state index contributed by atoms with van der Waals surface area (Å²) in [5, 5.41) is 4.27. The van der Waals surface area contributed by atoms with Gasteiger partial charge in [-0.05, 0) is 56.5 Å². The molecule has 2 aromatic carbocycles. The third-order valence-electron chi connectivity index (χ3n) is 3.40. The van der Waals surface area contributed by atoms with E-state index in [1.807, 2.05) is 12.1 Å². The van der Waals surface area contributed by atoms with Crippen molar-refractivity contribution in [3.8, 4) is 0 Å². The lowest BCUT2D eigenvalue weighted by atomic mass is 10.00. The molecule has 0 saturated carbocycles. The van der Waals surface area contributed by atoms with Gasteiger partial charge < -0.3 is 5.32 Å². The molecular formula is C17H20ClN. The smallest absolute Gasteiger partial charge is 0.0637 e. The van der Waals surface area contributed by atoms with E-state index in [-0.39, 0.29) is 6.04 Å². The van der Waals surface area contributed by atoms with E-state index in [0.29, 0.717) is 0 Å². The highest BCUT2D eigenvalue weighted by Crippen LogP contribution is 2.28. The fourth-order valence-electron chi connectivity index (χ4n) is 2.29. The van der Waals surface area contributed by atoms with Crippen LogP contribution in [0.1, 0.15) is 35.2 Å². The van der Waals surface area contributed by atoms with E-state index in [1.165, 1.54) is 22.3 Å². The van der Waals surface area contributed by atoms with Crippen LogP contribution in [0.15, 0.2) is 36.4 Å². The third-order valence-corrected chi connectivity index (χ3v) is 3.72. The van der Waals surface area contributed by atoms with Crippen molar-refractivity contribution in [2.45, 2.75) is 33.7 Å². The van der Waals surface area contributed by atoms with Crippen LogP contribution >= 0.6 is 11.6 Å². The first-order valence-electron chi connectivity index (χ1n) is 6.57. The summed E-state index contributed by atoms with van der Waals surface area (Å²) in [7, 11) is 0. The average molecular weight is 274 g/mol. The van der Waals surface area contributed by atoms with Crippen molar-refractivity contribution in [3.63, 3.8) is 0 Å². The van der Waals surface area contributed by atoms with Crippen LogP contribution in [-0.2, 0) is 0 Å². The van der Waals surface area contributed by atoms with Gasteiger partial charge in [-0.3, -0.25) is 0 Å². The maximum Gasteiger partial charge on any atom is 0.0637 e. The predicted octanol–water partition coefficient (Wildman–Crippen LogP) is 5.44. The summed E-state index contributed by atoms with van der Waals surface area (Å²) in [5.41, 5.74) is 6.10. The van der Waals surface area contributed by atoms with Crippen LogP contribution in [0, 0.1) is 20.8 Å². The molecule has 2 heteroatoms. The van der Waals surface area contributed by atoms with Crippen molar-refractivity contribution in [1.82, 2.24) is 0 Å². The maximum atomic E-state index is 6.24. The Bertz CT molecular complexity index is 590. The highest BCUT2D eigenvalue weighted by Gasteiger charge is 2.10. The summed E-state index contributed by atoms with van der Waals surface area (Å²) in [4.78, 5) is 0. The van der Waals surface area contributed by atoms with Crippen molar-refractivity contribution in [1.29, 1.82) is 0 Å². The molecule has 0 radical (unpaired) electrons. The molecule has 0 heterocycles. The van der Waals surface area contributed by atoms with E-state index in [4.69, 9.17) is 11.6 Å². The molecule has 0 bridgehead atoms. The van der Waals surface area contributed by atoms with Gasteiger partial charge in [0.15, 0.2) is 0 Å². The molecule has 19 heavy (non-hydrogen) atoms. The van der Waals surface area contributed by atoms with Crippen LogP contribution in [-0.4, -0.2) is 0 Å². The van der Waals surface area contributed by atoms with Crippen molar-refractivity contribution in [2.75, 3.05) is 5.32 Å². The number of benzene rings is 2. The number of hydrogen-bond acceptors (Lipinski definition) is 1. The van der Waals surface area contributed by atoms with E-state index < -0.39 is 0 Å². The van der Waals surface area contributed by atoms with Crippen LogP contribution < -0.4 is 5.32 Å². The van der Waals surface area contributed by atoms with Crippen molar-refractivity contribution in [3.05, 3.63) is 63.7 Å².